The van der Waals surface area contributed by atoms with Gasteiger partial charge in [-0.15, -0.1) is 0 Å². The average Bonchev–Trinajstić information content (AvgIpc) is 2.52. The fourth-order valence-corrected chi connectivity index (χ4v) is 1.94. The van der Waals surface area contributed by atoms with Crippen molar-refractivity contribution in [1.82, 2.24) is 0 Å². The number of aliphatic hydroxyl groups excluding tert-OH is 1. The molecule has 0 spiro atoms. The molecule has 0 saturated heterocycles. The van der Waals surface area contributed by atoms with E-state index in [-0.39, 0.29) is 12.0 Å². The second kappa shape index (κ2) is 6.08. The van der Waals surface area contributed by atoms with Crippen molar-refractivity contribution in [2.24, 2.45) is 11.7 Å². The first-order valence-corrected chi connectivity index (χ1v) is 5.75. The van der Waals surface area contributed by atoms with Crippen LogP contribution in [0.4, 0.5) is 0 Å². The Morgan fingerprint density at radius 1 is 1.47 bits per heavy atom. The number of carbonyl (C=O) groups excluding carboxylic acids is 1. The van der Waals surface area contributed by atoms with Gasteiger partial charge in [0, 0.05) is 6.04 Å². The van der Waals surface area contributed by atoms with Crippen molar-refractivity contribution in [3.05, 3.63) is 0 Å². The third-order valence-electron chi connectivity index (χ3n) is 2.86. The summed E-state index contributed by atoms with van der Waals surface area (Å²) in [5.41, 5.74) is 5.66. The average molecular weight is 215 g/mol. The summed E-state index contributed by atoms with van der Waals surface area (Å²) in [5.74, 6) is -0.687. The highest BCUT2D eigenvalue weighted by molar-refractivity contribution is 5.73. The molecule has 4 heteroatoms. The fraction of sp³-hybridized carbons (Fsp3) is 0.909. The maximum absolute atomic E-state index is 11.5. The molecule has 0 heterocycles. The van der Waals surface area contributed by atoms with E-state index in [4.69, 9.17) is 10.5 Å². The Morgan fingerprint density at radius 3 is 2.73 bits per heavy atom. The Hall–Kier alpha value is -0.610. The minimum atomic E-state index is -0.612. The molecular formula is C11H21NO3. The van der Waals surface area contributed by atoms with Crippen molar-refractivity contribution < 1.29 is 14.6 Å². The summed E-state index contributed by atoms with van der Waals surface area (Å²) in [6.45, 7) is 2.56. The number of carbonyl (C=O) groups is 1. The number of ether oxygens (including phenoxy) is 1. The van der Waals surface area contributed by atoms with Gasteiger partial charge >= 0.3 is 5.97 Å². The molecule has 0 amide bonds. The zero-order valence-corrected chi connectivity index (χ0v) is 9.32. The van der Waals surface area contributed by atoms with Crippen LogP contribution < -0.4 is 5.73 Å². The highest BCUT2D eigenvalue weighted by Crippen LogP contribution is 2.25. The number of esters is 1. The van der Waals surface area contributed by atoms with E-state index in [1.165, 1.54) is 0 Å². The summed E-state index contributed by atoms with van der Waals surface area (Å²) >= 11 is 0. The van der Waals surface area contributed by atoms with Gasteiger partial charge in [-0.25, -0.2) is 0 Å². The fourth-order valence-electron chi connectivity index (χ4n) is 1.94. The molecule has 3 unspecified atom stereocenters. The first kappa shape index (κ1) is 12.5. The third-order valence-corrected chi connectivity index (χ3v) is 2.86. The molecule has 0 bridgehead atoms. The molecular weight excluding hydrogens is 194 g/mol. The molecule has 0 aromatic rings. The van der Waals surface area contributed by atoms with Crippen LogP contribution in [0.25, 0.3) is 0 Å². The van der Waals surface area contributed by atoms with E-state index >= 15 is 0 Å². The van der Waals surface area contributed by atoms with E-state index < -0.39 is 12.0 Å². The number of rotatable bonds is 5. The van der Waals surface area contributed by atoms with Crippen LogP contribution >= 0.6 is 0 Å². The first-order valence-electron chi connectivity index (χ1n) is 5.75. The Kier molecular flexibility index (Phi) is 5.05. The van der Waals surface area contributed by atoms with Crippen LogP contribution in [0.5, 0.6) is 0 Å². The molecule has 0 aliphatic heterocycles. The normalized spacial score (nSPS) is 30.5. The van der Waals surface area contributed by atoms with E-state index in [1.807, 2.05) is 0 Å². The van der Waals surface area contributed by atoms with E-state index in [1.54, 1.807) is 0 Å². The molecule has 1 aliphatic carbocycles. The van der Waals surface area contributed by atoms with Crippen LogP contribution in [0.1, 0.15) is 39.0 Å². The van der Waals surface area contributed by atoms with Crippen LogP contribution in [-0.4, -0.2) is 29.8 Å². The van der Waals surface area contributed by atoms with Gasteiger partial charge < -0.3 is 15.6 Å². The van der Waals surface area contributed by atoms with Gasteiger partial charge in [0.15, 0.2) is 0 Å². The van der Waals surface area contributed by atoms with Crippen molar-refractivity contribution in [2.45, 2.75) is 51.2 Å². The van der Waals surface area contributed by atoms with Gasteiger partial charge in [0.05, 0.1) is 18.6 Å². The highest BCUT2D eigenvalue weighted by Gasteiger charge is 2.36. The maximum atomic E-state index is 11.5. The van der Waals surface area contributed by atoms with Crippen molar-refractivity contribution in [1.29, 1.82) is 0 Å². The summed E-state index contributed by atoms with van der Waals surface area (Å²) in [7, 11) is 0. The topological polar surface area (TPSA) is 72.5 Å². The molecule has 88 valence electrons. The van der Waals surface area contributed by atoms with Gasteiger partial charge in [-0.1, -0.05) is 19.8 Å². The second-order valence-electron chi connectivity index (χ2n) is 4.28. The van der Waals surface area contributed by atoms with Crippen molar-refractivity contribution in [3.63, 3.8) is 0 Å². The van der Waals surface area contributed by atoms with Crippen LogP contribution in [-0.2, 0) is 9.53 Å². The van der Waals surface area contributed by atoms with Gasteiger partial charge in [0.1, 0.15) is 0 Å². The minimum absolute atomic E-state index is 0.0619. The molecule has 0 radical (unpaired) electrons. The number of nitrogens with two attached hydrogens (primary N) is 1. The zero-order valence-electron chi connectivity index (χ0n) is 9.32. The zero-order chi connectivity index (χ0) is 11.3. The monoisotopic (exact) mass is 215 g/mol. The molecule has 1 rings (SSSR count). The molecule has 1 saturated carbocycles. The van der Waals surface area contributed by atoms with Gasteiger partial charge in [-0.2, -0.15) is 0 Å². The SMILES string of the molecule is CCCCCOC(=O)C1CC(N)CC1O. The maximum Gasteiger partial charge on any atom is 0.311 e. The summed E-state index contributed by atoms with van der Waals surface area (Å²) < 4.78 is 5.09. The summed E-state index contributed by atoms with van der Waals surface area (Å²) in [6.07, 6.45) is 3.52. The first-order chi connectivity index (χ1) is 7.15. The number of aliphatic hydroxyl groups is 1. The minimum Gasteiger partial charge on any atom is -0.465 e. The largest absolute Gasteiger partial charge is 0.465 e. The standard InChI is InChI=1S/C11H21NO3/c1-2-3-4-5-15-11(14)9-6-8(12)7-10(9)13/h8-10,13H,2-7,12H2,1H3. The molecule has 1 fully saturated rings. The molecule has 3 atom stereocenters. The summed E-state index contributed by atoms with van der Waals surface area (Å²) in [5, 5.41) is 9.55. The van der Waals surface area contributed by atoms with Crippen LogP contribution in [0.3, 0.4) is 0 Å². The van der Waals surface area contributed by atoms with E-state index in [9.17, 15) is 9.90 Å². The predicted octanol–water partition coefficient (Wildman–Crippen LogP) is 0.818. The Bertz CT molecular complexity index is 208. The van der Waals surface area contributed by atoms with Gasteiger partial charge in [0.2, 0.25) is 0 Å². The Labute approximate surface area is 90.8 Å². The smallest absolute Gasteiger partial charge is 0.311 e. The second-order valence-corrected chi connectivity index (χ2v) is 4.28. The molecule has 4 nitrogen and oxygen atoms in total. The lowest BCUT2D eigenvalue weighted by Gasteiger charge is -2.13. The van der Waals surface area contributed by atoms with Crippen LogP contribution in [0, 0.1) is 5.92 Å². The predicted molar refractivity (Wildman–Crippen MR) is 57.2 cm³/mol. The molecule has 3 N–H and O–H groups in total. The molecule has 15 heavy (non-hydrogen) atoms. The Balaban J connectivity index is 2.22. The van der Waals surface area contributed by atoms with E-state index in [0.29, 0.717) is 19.4 Å². The van der Waals surface area contributed by atoms with Crippen LogP contribution in [0.15, 0.2) is 0 Å². The number of hydrogen-bond donors (Lipinski definition) is 2. The van der Waals surface area contributed by atoms with Crippen molar-refractivity contribution in [3.8, 4) is 0 Å². The summed E-state index contributed by atoms with van der Waals surface area (Å²) in [6, 6.07) is -0.0619. The highest BCUT2D eigenvalue weighted by atomic mass is 16.5. The lowest BCUT2D eigenvalue weighted by atomic mass is 10.1. The lowest BCUT2D eigenvalue weighted by Crippen LogP contribution is -2.25. The quantitative estimate of drug-likeness (QED) is 0.526. The molecule has 0 aromatic heterocycles. The molecule has 1 aliphatic rings. The van der Waals surface area contributed by atoms with Gasteiger partial charge in [-0.3, -0.25) is 4.79 Å². The van der Waals surface area contributed by atoms with E-state index in [2.05, 4.69) is 6.92 Å². The van der Waals surface area contributed by atoms with Crippen LogP contribution in [0.2, 0.25) is 0 Å². The lowest BCUT2D eigenvalue weighted by molar-refractivity contribution is -0.151. The van der Waals surface area contributed by atoms with Gasteiger partial charge in [0.25, 0.3) is 0 Å². The van der Waals surface area contributed by atoms with Gasteiger partial charge in [-0.05, 0) is 19.3 Å². The van der Waals surface area contributed by atoms with Crippen molar-refractivity contribution >= 4 is 5.97 Å². The molecule has 0 aromatic carbocycles. The van der Waals surface area contributed by atoms with E-state index in [0.717, 1.165) is 19.3 Å². The number of unbranched alkanes of at least 4 members (excludes halogenated alkanes) is 2. The van der Waals surface area contributed by atoms with Crippen molar-refractivity contribution in [2.75, 3.05) is 6.61 Å². The summed E-state index contributed by atoms with van der Waals surface area (Å²) in [4.78, 5) is 11.5. The number of hydrogen-bond acceptors (Lipinski definition) is 4. The Morgan fingerprint density at radius 2 is 2.20 bits per heavy atom. The third kappa shape index (κ3) is 3.80.